The first-order valence-electron chi connectivity index (χ1n) is 8.26. The van der Waals surface area contributed by atoms with Crippen LogP contribution in [0.5, 0.6) is 5.75 Å². The van der Waals surface area contributed by atoms with Gasteiger partial charge in [0, 0.05) is 23.1 Å². The molecule has 0 bridgehead atoms. The number of nitrogens with zero attached hydrogens (tertiary/aromatic N) is 1. The van der Waals surface area contributed by atoms with E-state index in [4.69, 9.17) is 9.84 Å². The minimum Gasteiger partial charge on any atom is -0.481 e. The number of H-pyrrole nitrogens is 1. The number of hydrogen-bond acceptors (Lipinski definition) is 4. The summed E-state index contributed by atoms with van der Waals surface area (Å²) in [5.41, 5.74) is 2.06. The van der Waals surface area contributed by atoms with E-state index < -0.39 is 11.9 Å². The van der Waals surface area contributed by atoms with E-state index in [1.54, 1.807) is 6.07 Å². The molecule has 2 N–H and O–H groups in total. The molecular formula is C18H22N2O4. The molecule has 1 fully saturated rings. The molecule has 0 unspecified atom stereocenters. The monoisotopic (exact) mass is 330 g/mol. The fourth-order valence-electron chi connectivity index (χ4n) is 3.34. The first-order chi connectivity index (χ1) is 11.5. The van der Waals surface area contributed by atoms with E-state index in [0.717, 1.165) is 29.4 Å². The van der Waals surface area contributed by atoms with Gasteiger partial charge in [-0.15, -0.1) is 0 Å². The van der Waals surface area contributed by atoms with Gasteiger partial charge in [-0.2, -0.15) is 0 Å². The summed E-state index contributed by atoms with van der Waals surface area (Å²) in [6.07, 6.45) is 4.91. The fourth-order valence-corrected chi connectivity index (χ4v) is 3.34. The van der Waals surface area contributed by atoms with Crippen molar-refractivity contribution in [2.24, 2.45) is 0 Å². The molecule has 0 radical (unpaired) electrons. The zero-order valence-electron chi connectivity index (χ0n) is 13.7. The second-order valence-corrected chi connectivity index (χ2v) is 6.34. The van der Waals surface area contributed by atoms with Gasteiger partial charge in [0.25, 0.3) is 0 Å². The Bertz CT molecular complexity index is 753. The Labute approximate surface area is 140 Å². The van der Waals surface area contributed by atoms with Crippen LogP contribution in [0, 0.1) is 0 Å². The molecule has 3 rings (SSSR count). The van der Waals surface area contributed by atoms with E-state index >= 15 is 0 Å². The van der Waals surface area contributed by atoms with Crippen LogP contribution in [-0.2, 0) is 16.0 Å². The van der Waals surface area contributed by atoms with Crippen molar-refractivity contribution >= 4 is 22.8 Å². The molecule has 1 atom stereocenters. The number of fused-ring (bicyclic) bond motifs is 1. The van der Waals surface area contributed by atoms with Crippen LogP contribution < -0.4 is 4.74 Å². The smallest absolute Gasteiger partial charge is 0.311 e. The van der Waals surface area contributed by atoms with Crippen LogP contribution in [0.15, 0.2) is 24.4 Å². The third kappa shape index (κ3) is 3.59. The summed E-state index contributed by atoms with van der Waals surface area (Å²) < 4.78 is 5.43. The van der Waals surface area contributed by atoms with Gasteiger partial charge < -0.3 is 19.7 Å². The maximum absolute atomic E-state index is 11.9. The Morgan fingerprint density at radius 1 is 1.38 bits per heavy atom. The van der Waals surface area contributed by atoms with Crippen LogP contribution in [0.2, 0.25) is 0 Å². The van der Waals surface area contributed by atoms with Crippen LogP contribution >= 0.6 is 0 Å². The van der Waals surface area contributed by atoms with Gasteiger partial charge in [-0.25, -0.2) is 0 Å². The Kier molecular flexibility index (Phi) is 4.85. The lowest BCUT2D eigenvalue weighted by Gasteiger charge is -2.19. The van der Waals surface area contributed by atoms with Crippen LogP contribution in [0.1, 0.15) is 31.2 Å². The molecule has 0 spiro atoms. The van der Waals surface area contributed by atoms with Crippen molar-refractivity contribution in [3.8, 4) is 5.75 Å². The number of aliphatic carboxylic acids is 1. The number of rotatable bonds is 6. The van der Waals surface area contributed by atoms with Crippen molar-refractivity contribution < 1.29 is 19.4 Å². The number of carboxylic acid groups (broad SMARTS) is 1. The van der Waals surface area contributed by atoms with E-state index in [9.17, 15) is 9.59 Å². The molecule has 24 heavy (non-hydrogen) atoms. The van der Waals surface area contributed by atoms with Gasteiger partial charge in [0.2, 0.25) is 0 Å². The molecule has 0 amide bonds. The van der Waals surface area contributed by atoms with Gasteiger partial charge in [0.1, 0.15) is 5.75 Å². The molecular weight excluding hydrogens is 308 g/mol. The molecule has 2 aromatic rings. The molecule has 6 heteroatoms. The average Bonchev–Trinajstić information content (AvgIpc) is 3.13. The van der Waals surface area contributed by atoms with Crippen LogP contribution in [0.3, 0.4) is 0 Å². The van der Waals surface area contributed by atoms with Crippen molar-refractivity contribution in [2.45, 2.75) is 38.1 Å². The number of hydrogen-bond donors (Lipinski definition) is 2. The zero-order chi connectivity index (χ0) is 17.1. The molecule has 1 saturated heterocycles. The van der Waals surface area contributed by atoms with Crippen molar-refractivity contribution in [1.29, 1.82) is 0 Å². The maximum Gasteiger partial charge on any atom is 0.311 e. The number of aromatic amines is 1. The van der Waals surface area contributed by atoms with Crippen LogP contribution in [0.4, 0.5) is 0 Å². The number of nitrogens with one attached hydrogen (secondary N) is 1. The van der Waals surface area contributed by atoms with Gasteiger partial charge >= 0.3 is 11.9 Å². The van der Waals surface area contributed by atoms with Crippen molar-refractivity contribution in [1.82, 2.24) is 9.88 Å². The van der Waals surface area contributed by atoms with Gasteiger partial charge in [0.05, 0.1) is 12.8 Å². The number of aromatic nitrogens is 1. The third-order valence-corrected chi connectivity index (χ3v) is 4.64. The molecule has 128 valence electrons. The summed E-state index contributed by atoms with van der Waals surface area (Å²) in [6, 6.07) is 6.03. The van der Waals surface area contributed by atoms with Crippen molar-refractivity contribution in [3.63, 3.8) is 0 Å². The number of likely N-dealkylation sites (tertiary alicyclic amines) is 1. The Hall–Kier alpha value is -2.34. The van der Waals surface area contributed by atoms with Gasteiger partial charge in [-0.3, -0.25) is 9.59 Å². The summed E-state index contributed by atoms with van der Waals surface area (Å²) >= 11 is 0. The van der Waals surface area contributed by atoms with E-state index in [-0.39, 0.29) is 12.8 Å². The predicted molar refractivity (Wildman–Crippen MR) is 90.2 cm³/mol. The number of ether oxygens (including phenoxy) is 1. The van der Waals surface area contributed by atoms with Gasteiger partial charge in [0.15, 0.2) is 0 Å². The number of carbonyl (C=O) groups excluding carboxylic acids is 1. The second kappa shape index (κ2) is 7.05. The quantitative estimate of drug-likeness (QED) is 0.628. The molecule has 6 nitrogen and oxygen atoms in total. The largest absolute Gasteiger partial charge is 0.481 e. The molecule has 1 aromatic heterocycles. The predicted octanol–water partition coefficient (Wildman–Crippen LogP) is 2.57. The number of benzene rings is 1. The number of carbonyl (C=O) groups is 2. The second-order valence-electron chi connectivity index (χ2n) is 6.34. The maximum atomic E-state index is 11.9. The molecule has 2 heterocycles. The SMILES string of the molecule is CN1CCC[C@@H]1Cc1c[nH]c2cccc(OC(=O)CCC(=O)O)c12. The van der Waals surface area contributed by atoms with Gasteiger partial charge in [-0.1, -0.05) is 6.07 Å². The zero-order valence-corrected chi connectivity index (χ0v) is 13.7. The van der Waals surface area contributed by atoms with Gasteiger partial charge in [-0.05, 0) is 50.6 Å². The molecule has 1 aliphatic rings. The van der Waals surface area contributed by atoms with Crippen molar-refractivity contribution in [3.05, 3.63) is 30.0 Å². The summed E-state index contributed by atoms with van der Waals surface area (Å²) in [5.74, 6) is -1.02. The minimum absolute atomic E-state index is 0.128. The van der Waals surface area contributed by atoms with Crippen LogP contribution in [-0.4, -0.2) is 46.6 Å². The first kappa shape index (κ1) is 16.5. The number of likely N-dealkylation sites (N-methyl/N-ethyl adjacent to an activating group) is 1. The summed E-state index contributed by atoms with van der Waals surface area (Å²) in [7, 11) is 2.14. The number of carboxylic acids is 1. The lowest BCUT2D eigenvalue weighted by molar-refractivity contribution is -0.142. The third-order valence-electron chi connectivity index (χ3n) is 4.64. The highest BCUT2D eigenvalue weighted by Crippen LogP contribution is 2.31. The molecule has 0 saturated carbocycles. The number of esters is 1. The topological polar surface area (TPSA) is 82.6 Å². The molecule has 0 aliphatic carbocycles. The minimum atomic E-state index is -1.00. The fraction of sp³-hybridized carbons (Fsp3) is 0.444. The first-order valence-corrected chi connectivity index (χ1v) is 8.26. The molecule has 1 aromatic carbocycles. The summed E-state index contributed by atoms with van der Waals surface area (Å²) in [4.78, 5) is 28.1. The highest BCUT2D eigenvalue weighted by Gasteiger charge is 2.23. The highest BCUT2D eigenvalue weighted by molar-refractivity contribution is 5.91. The highest BCUT2D eigenvalue weighted by atomic mass is 16.5. The van der Waals surface area contributed by atoms with E-state index in [2.05, 4.69) is 16.9 Å². The average molecular weight is 330 g/mol. The lowest BCUT2D eigenvalue weighted by Crippen LogP contribution is -2.26. The molecule has 1 aliphatic heterocycles. The standard InChI is InChI=1S/C18H22N2O4/c1-20-9-3-4-13(20)10-12-11-19-14-5-2-6-15(18(12)14)24-17(23)8-7-16(21)22/h2,5-6,11,13,19H,3-4,7-10H2,1H3,(H,21,22)/t13-/m1/s1. The van der Waals surface area contributed by atoms with Crippen molar-refractivity contribution in [2.75, 3.05) is 13.6 Å². The van der Waals surface area contributed by atoms with E-state index in [1.165, 1.54) is 12.8 Å². The van der Waals surface area contributed by atoms with E-state index in [1.807, 2.05) is 18.3 Å². The van der Waals surface area contributed by atoms with Crippen LogP contribution in [0.25, 0.3) is 10.9 Å². The Morgan fingerprint density at radius 2 is 2.21 bits per heavy atom. The summed E-state index contributed by atoms with van der Waals surface area (Å²) in [6.45, 7) is 1.12. The Balaban J connectivity index is 1.81. The Morgan fingerprint density at radius 3 is 2.92 bits per heavy atom. The summed E-state index contributed by atoms with van der Waals surface area (Å²) in [5, 5.41) is 9.60. The van der Waals surface area contributed by atoms with E-state index in [0.29, 0.717) is 11.8 Å². The lowest BCUT2D eigenvalue weighted by atomic mass is 10.0. The normalized spacial score (nSPS) is 18.1.